The van der Waals surface area contributed by atoms with Crippen LogP contribution in [0.4, 0.5) is 0 Å². The summed E-state index contributed by atoms with van der Waals surface area (Å²) < 4.78 is 0.896. The van der Waals surface area contributed by atoms with E-state index in [0.29, 0.717) is 5.56 Å². The minimum absolute atomic E-state index is 0.370. The monoisotopic (exact) mass is 243 g/mol. The molecule has 0 saturated carbocycles. The largest absolute Gasteiger partial charge is 0.366 e. The van der Waals surface area contributed by atoms with Gasteiger partial charge in [0.05, 0.1) is 5.56 Å². The van der Waals surface area contributed by atoms with Crippen LogP contribution in [0.3, 0.4) is 0 Å². The Hall–Kier alpha value is -0.580. The van der Waals surface area contributed by atoms with Crippen molar-refractivity contribution in [2.75, 3.05) is 0 Å². The summed E-state index contributed by atoms with van der Waals surface area (Å²) in [6, 6.07) is 7.22. The van der Waals surface area contributed by atoms with Crippen molar-refractivity contribution < 1.29 is 4.79 Å². The quantitative estimate of drug-likeness (QED) is 0.744. The van der Waals surface area contributed by atoms with Crippen LogP contribution in [0.15, 0.2) is 24.3 Å². The van der Waals surface area contributed by atoms with E-state index < -0.39 is 0 Å². The maximum atomic E-state index is 10.6. The topological polar surface area (TPSA) is 43.1 Å². The van der Waals surface area contributed by atoms with E-state index in [9.17, 15) is 4.79 Å². The Bertz CT molecular complexity index is 260. The SMILES string of the molecule is NC(=O)c1ccccc1[123I]. The lowest BCUT2D eigenvalue weighted by Crippen LogP contribution is -2.12. The highest BCUT2D eigenvalue weighted by atomic mass is 123. The second-order valence-corrected chi connectivity index (χ2v) is 3.01. The van der Waals surface area contributed by atoms with E-state index in [1.165, 1.54) is 0 Å². The lowest BCUT2D eigenvalue weighted by molar-refractivity contribution is 0.0999. The van der Waals surface area contributed by atoms with Crippen LogP contribution >= 0.6 is 22.6 Å². The molecule has 0 spiro atoms. The van der Waals surface area contributed by atoms with Gasteiger partial charge in [-0.2, -0.15) is 0 Å². The molecule has 52 valence electrons. The minimum atomic E-state index is -0.370. The summed E-state index contributed by atoms with van der Waals surface area (Å²) in [6.45, 7) is 0. The zero-order valence-electron chi connectivity index (χ0n) is 5.17. The van der Waals surface area contributed by atoms with Crippen molar-refractivity contribution in [3.05, 3.63) is 33.4 Å². The molecule has 0 unspecified atom stereocenters. The first kappa shape index (κ1) is 7.53. The van der Waals surface area contributed by atoms with E-state index in [4.69, 9.17) is 5.73 Å². The van der Waals surface area contributed by atoms with Gasteiger partial charge in [-0.3, -0.25) is 4.79 Å². The molecule has 1 aromatic carbocycles. The number of halogens is 1. The Morgan fingerprint density at radius 3 is 2.40 bits per heavy atom. The van der Waals surface area contributed by atoms with Gasteiger partial charge in [0, 0.05) is 3.57 Å². The maximum absolute atomic E-state index is 10.6. The van der Waals surface area contributed by atoms with Crippen LogP contribution in [0.2, 0.25) is 0 Å². The van der Waals surface area contributed by atoms with E-state index in [1.54, 1.807) is 12.1 Å². The molecule has 2 N–H and O–H groups in total. The smallest absolute Gasteiger partial charge is 0.249 e. The predicted octanol–water partition coefficient (Wildman–Crippen LogP) is 1.39. The zero-order chi connectivity index (χ0) is 7.56. The van der Waals surface area contributed by atoms with Gasteiger partial charge in [-0.05, 0) is 34.7 Å². The molecular formula is C7H6INO. The highest BCUT2D eigenvalue weighted by Gasteiger charge is 2.01. The average Bonchev–Trinajstić information content (AvgIpc) is 1.88. The van der Waals surface area contributed by atoms with E-state index in [-0.39, 0.29) is 5.91 Å². The molecule has 0 aliphatic rings. The minimum Gasteiger partial charge on any atom is -0.366 e. The normalized spacial score (nSPS) is 9.30. The summed E-state index contributed by atoms with van der Waals surface area (Å²) in [6.07, 6.45) is 0. The molecule has 10 heavy (non-hydrogen) atoms. The molecule has 0 aliphatic heterocycles. The lowest BCUT2D eigenvalue weighted by Gasteiger charge is -1.95. The van der Waals surface area contributed by atoms with E-state index in [1.807, 2.05) is 12.1 Å². The third-order valence-corrected chi connectivity index (χ3v) is 2.08. The molecular weight excluding hydrogens is 237 g/mol. The number of benzene rings is 1. The Labute approximate surface area is 72.6 Å². The van der Waals surface area contributed by atoms with Crippen LogP contribution in [0.1, 0.15) is 10.4 Å². The van der Waals surface area contributed by atoms with Crippen molar-refractivity contribution >= 4 is 28.5 Å². The molecule has 1 amide bonds. The molecule has 1 rings (SSSR count). The summed E-state index contributed by atoms with van der Waals surface area (Å²) in [5, 5.41) is 0. The number of hydrogen-bond acceptors (Lipinski definition) is 1. The van der Waals surface area contributed by atoms with E-state index in [2.05, 4.69) is 22.6 Å². The molecule has 1 aromatic rings. The Morgan fingerprint density at radius 2 is 2.00 bits per heavy atom. The van der Waals surface area contributed by atoms with Crippen molar-refractivity contribution in [1.82, 2.24) is 0 Å². The molecule has 0 atom stereocenters. The third-order valence-electron chi connectivity index (χ3n) is 1.14. The molecule has 2 nitrogen and oxygen atoms in total. The van der Waals surface area contributed by atoms with E-state index >= 15 is 0 Å². The van der Waals surface area contributed by atoms with Gasteiger partial charge in [0.2, 0.25) is 5.91 Å². The molecule has 0 radical (unpaired) electrons. The van der Waals surface area contributed by atoms with Gasteiger partial charge < -0.3 is 5.73 Å². The maximum Gasteiger partial charge on any atom is 0.249 e. The van der Waals surface area contributed by atoms with Gasteiger partial charge in [-0.1, -0.05) is 12.1 Å². The molecule has 0 fully saturated rings. The number of carbonyl (C=O) groups is 1. The van der Waals surface area contributed by atoms with Gasteiger partial charge in [0.25, 0.3) is 0 Å². The summed E-state index contributed by atoms with van der Waals surface area (Å²) in [4.78, 5) is 10.6. The van der Waals surface area contributed by atoms with Crippen molar-refractivity contribution in [1.29, 1.82) is 0 Å². The first-order chi connectivity index (χ1) is 4.72. The fourth-order valence-corrected chi connectivity index (χ4v) is 1.31. The number of hydrogen-bond donors (Lipinski definition) is 1. The van der Waals surface area contributed by atoms with Crippen LogP contribution in [-0.2, 0) is 0 Å². The highest BCUT2D eigenvalue weighted by molar-refractivity contribution is 14.1. The zero-order valence-corrected chi connectivity index (χ0v) is 7.33. The second kappa shape index (κ2) is 3.01. The Morgan fingerprint density at radius 1 is 1.40 bits per heavy atom. The fourth-order valence-electron chi connectivity index (χ4n) is 0.661. The van der Waals surface area contributed by atoms with Gasteiger partial charge in [-0.15, -0.1) is 0 Å². The predicted molar refractivity (Wildman–Crippen MR) is 47.7 cm³/mol. The molecule has 0 saturated heterocycles. The van der Waals surface area contributed by atoms with Crippen LogP contribution in [0, 0.1) is 3.57 Å². The Kier molecular flexibility index (Phi) is 2.26. The number of primary amides is 1. The van der Waals surface area contributed by atoms with Gasteiger partial charge in [0.15, 0.2) is 0 Å². The molecule has 0 aliphatic carbocycles. The summed E-state index contributed by atoms with van der Waals surface area (Å²) in [5.74, 6) is -0.370. The van der Waals surface area contributed by atoms with Crippen molar-refractivity contribution in [2.24, 2.45) is 5.73 Å². The van der Waals surface area contributed by atoms with E-state index in [0.717, 1.165) is 3.57 Å². The second-order valence-electron chi connectivity index (χ2n) is 1.84. The van der Waals surface area contributed by atoms with Gasteiger partial charge >= 0.3 is 0 Å². The standard InChI is InChI=1S/C7H6INO/c8-6-4-2-1-3-5(6)7(9)10/h1-4H,(H2,9,10)/i8-4. The highest BCUT2D eigenvalue weighted by Crippen LogP contribution is 2.09. The molecule has 0 aromatic heterocycles. The van der Waals surface area contributed by atoms with Crippen LogP contribution in [0.25, 0.3) is 0 Å². The van der Waals surface area contributed by atoms with Crippen molar-refractivity contribution in [3.63, 3.8) is 0 Å². The van der Waals surface area contributed by atoms with Crippen LogP contribution in [0.5, 0.6) is 0 Å². The van der Waals surface area contributed by atoms with Crippen LogP contribution in [-0.4, -0.2) is 5.91 Å². The molecule has 3 heteroatoms. The van der Waals surface area contributed by atoms with Gasteiger partial charge in [0.1, 0.15) is 0 Å². The first-order valence-electron chi connectivity index (χ1n) is 2.76. The number of carbonyl (C=O) groups excluding carboxylic acids is 1. The number of rotatable bonds is 1. The van der Waals surface area contributed by atoms with Gasteiger partial charge in [-0.25, -0.2) is 0 Å². The average molecular weight is 243 g/mol. The molecule has 0 heterocycles. The third kappa shape index (κ3) is 1.47. The summed E-state index contributed by atoms with van der Waals surface area (Å²) >= 11 is 2.07. The van der Waals surface area contributed by atoms with Crippen molar-refractivity contribution in [3.8, 4) is 0 Å². The van der Waals surface area contributed by atoms with Crippen LogP contribution < -0.4 is 5.73 Å². The number of nitrogens with two attached hydrogens (primary N) is 1. The summed E-state index contributed by atoms with van der Waals surface area (Å²) in [5.41, 5.74) is 5.66. The Balaban J connectivity index is 3.15. The van der Waals surface area contributed by atoms with Crippen molar-refractivity contribution in [2.45, 2.75) is 0 Å². The number of amides is 1. The lowest BCUT2D eigenvalue weighted by atomic mass is 10.2. The fraction of sp³-hybridized carbons (Fsp3) is 0. The molecule has 0 bridgehead atoms. The summed E-state index contributed by atoms with van der Waals surface area (Å²) in [7, 11) is 0. The first-order valence-corrected chi connectivity index (χ1v) is 3.84.